The zero-order valence-electron chi connectivity index (χ0n) is 14.0. The standard InChI is InChI=1S/C20H14BrClN4O/c21-13-5-6-17(25-11-13)26-18(12-3-1-7-23-10-12)15-9-16(22)14-4-2-8-24-19(14)20(15)27/h1-11,18,27H,(H,25,26). The Kier molecular flexibility index (Phi) is 4.92. The average Bonchev–Trinajstić information content (AvgIpc) is 2.71. The van der Waals surface area contributed by atoms with Crippen LogP contribution in [-0.4, -0.2) is 20.1 Å². The maximum absolute atomic E-state index is 10.9. The number of nitrogens with one attached hydrogen (secondary N) is 1. The van der Waals surface area contributed by atoms with Crippen molar-refractivity contribution in [3.8, 4) is 5.75 Å². The number of aromatic hydroxyl groups is 1. The Balaban J connectivity index is 1.87. The van der Waals surface area contributed by atoms with Gasteiger partial charge in [0.2, 0.25) is 0 Å². The van der Waals surface area contributed by atoms with Gasteiger partial charge in [-0.3, -0.25) is 9.97 Å². The highest BCUT2D eigenvalue weighted by molar-refractivity contribution is 9.10. The van der Waals surface area contributed by atoms with Crippen LogP contribution in [0, 0.1) is 0 Å². The van der Waals surface area contributed by atoms with Crippen LogP contribution in [0.3, 0.4) is 0 Å². The third kappa shape index (κ3) is 3.59. The normalized spacial score (nSPS) is 12.1. The fourth-order valence-corrected chi connectivity index (χ4v) is 3.43. The highest BCUT2D eigenvalue weighted by Gasteiger charge is 2.22. The van der Waals surface area contributed by atoms with Crippen LogP contribution in [0.5, 0.6) is 5.75 Å². The Morgan fingerprint density at radius 2 is 1.89 bits per heavy atom. The highest BCUT2D eigenvalue weighted by Crippen LogP contribution is 2.39. The van der Waals surface area contributed by atoms with Gasteiger partial charge in [-0.1, -0.05) is 17.7 Å². The smallest absolute Gasteiger partial charge is 0.147 e. The number of phenols is 1. The van der Waals surface area contributed by atoms with E-state index < -0.39 is 6.04 Å². The number of phenolic OH excluding ortho intramolecular Hbond substituents is 1. The summed E-state index contributed by atoms with van der Waals surface area (Å²) in [4.78, 5) is 12.9. The highest BCUT2D eigenvalue weighted by atomic mass is 79.9. The Hall–Kier alpha value is -2.70. The maximum atomic E-state index is 10.9. The van der Waals surface area contributed by atoms with E-state index in [0.29, 0.717) is 27.3 Å². The quantitative estimate of drug-likeness (QED) is 0.447. The number of hydrogen-bond donors (Lipinski definition) is 2. The average molecular weight is 442 g/mol. The van der Waals surface area contributed by atoms with Crippen molar-refractivity contribution in [3.05, 3.63) is 87.9 Å². The van der Waals surface area contributed by atoms with Crippen molar-refractivity contribution in [3.63, 3.8) is 0 Å². The molecule has 3 aromatic heterocycles. The van der Waals surface area contributed by atoms with E-state index in [9.17, 15) is 5.11 Å². The molecule has 4 aromatic rings. The first-order valence-electron chi connectivity index (χ1n) is 8.17. The number of rotatable bonds is 4. The number of pyridine rings is 3. The first kappa shape index (κ1) is 17.7. The molecule has 134 valence electrons. The number of halogens is 2. The Bertz CT molecular complexity index is 1090. The van der Waals surface area contributed by atoms with Crippen LogP contribution in [0.25, 0.3) is 10.9 Å². The Morgan fingerprint density at radius 3 is 2.63 bits per heavy atom. The summed E-state index contributed by atoms with van der Waals surface area (Å²) in [5.41, 5.74) is 1.92. The van der Waals surface area contributed by atoms with E-state index in [0.717, 1.165) is 10.0 Å². The van der Waals surface area contributed by atoms with E-state index in [-0.39, 0.29) is 5.75 Å². The van der Waals surface area contributed by atoms with Gasteiger partial charge in [-0.2, -0.15) is 0 Å². The molecule has 5 nitrogen and oxygen atoms in total. The fraction of sp³-hybridized carbons (Fsp3) is 0.0500. The predicted molar refractivity (Wildman–Crippen MR) is 110 cm³/mol. The first-order valence-corrected chi connectivity index (χ1v) is 9.34. The predicted octanol–water partition coefficient (Wildman–Crippen LogP) is 5.35. The number of fused-ring (bicyclic) bond motifs is 1. The lowest BCUT2D eigenvalue weighted by atomic mass is 9.97. The molecule has 7 heteroatoms. The van der Waals surface area contributed by atoms with Gasteiger partial charge in [0, 0.05) is 40.2 Å². The topological polar surface area (TPSA) is 70.9 Å². The lowest BCUT2D eigenvalue weighted by Gasteiger charge is -2.22. The summed E-state index contributed by atoms with van der Waals surface area (Å²) >= 11 is 9.86. The van der Waals surface area contributed by atoms with E-state index in [2.05, 4.69) is 36.2 Å². The molecule has 0 bridgehead atoms. The number of benzene rings is 1. The van der Waals surface area contributed by atoms with Crippen molar-refractivity contribution in [1.29, 1.82) is 0 Å². The molecule has 0 radical (unpaired) electrons. The van der Waals surface area contributed by atoms with Gasteiger partial charge in [0.1, 0.15) is 17.1 Å². The zero-order chi connectivity index (χ0) is 18.8. The van der Waals surface area contributed by atoms with Crippen LogP contribution in [0.1, 0.15) is 17.2 Å². The van der Waals surface area contributed by atoms with Crippen LogP contribution in [0.2, 0.25) is 5.02 Å². The minimum absolute atomic E-state index is 0.0773. The van der Waals surface area contributed by atoms with E-state index in [1.807, 2.05) is 30.3 Å². The van der Waals surface area contributed by atoms with Crippen LogP contribution < -0.4 is 5.32 Å². The van der Waals surface area contributed by atoms with Crippen molar-refractivity contribution >= 4 is 44.3 Å². The number of nitrogens with zero attached hydrogens (tertiary/aromatic N) is 3. The lowest BCUT2D eigenvalue weighted by Crippen LogP contribution is -2.14. The molecule has 0 spiro atoms. The minimum Gasteiger partial charge on any atom is -0.505 e. The van der Waals surface area contributed by atoms with Crippen LogP contribution in [0.4, 0.5) is 5.82 Å². The molecule has 0 aliphatic heterocycles. The number of anilines is 1. The molecule has 0 amide bonds. The molecule has 0 saturated carbocycles. The second kappa shape index (κ2) is 7.50. The van der Waals surface area contributed by atoms with E-state index in [1.165, 1.54) is 0 Å². The molecule has 1 atom stereocenters. The third-order valence-electron chi connectivity index (χ3n) is 4.19. The van der Waals surface area contributed by atoms with Crippen molar-refractivity contribution < 1.29 is 5.11 Å². The molecule has 1 unspecified atom stereocenters. The van der Waals surface area contributed by atoms with Crippen molar-refractivity contribution in [2.75, 3.05) is 5.32 Å². The van der Waals surface area contributed by atoms with Crippen molar-refractivity contribution in [2.45, 2.75) is 6.04 Å². The summed E-state index contributed by atoms with van der Waals surface area (Å²) < 4.78 is 0.881. The van der Waals surface area contributed by atoms with Gasteiger partial charge in [0.15, 0.2) is 0 Å². The summed E-state index contributed by atoms with van der Waals surface area (Å²) in [5, 5.41) is 15.5. The van der Waals surface area contributed by atoms with E-state index in [4.69, 9.17) is 11.6 Å². The van der Waals surface area contributed by atoms with Crippen LogP contribution in [-0.2, 0) is 0 Å². The van der Waals surface area contributed by atoms with Gasteiger partial charge in [-0.25, -0.2) is 4.98 Å². The minimum atomic E-state index is -0.406. The van der Waals surface area contributed by atoms with E-state index in [1.54, 1.807) is 36.9 Å². The molecular weight excluding hydrogens is 428 g/mol. The van der Waals surface area contributed by atoms with Gasteiger partial charge in [-0.15, -0.1) is 0 Å². The molecule has 2 N–H and O–H groups in total. The van der Waals surface area contributed by atoms with Crippen LogP contribution in [0.15, 0.2) is 71.7 Å². The molecule has 0 aliphatic rings. The summed E-state index contributed by atoms with van der Waals surface area (Å²) in [6.07, 6.45) is 6.78. The molecule has 1 aromatic carbocycles. The van der Waals surface area contributed by atoms with Crippen molar-refractivity contribution in [1.82, 2.24) is 15.0 Å². The zero-order valence-corrected chi connectivity index (χ0v) is 16.3. The Labute approximate surface area is 169 Å². The summed E-state index contributed by atoms with van der Waals surface area (Å²) in [7, 11) is 0. The monoisotopic (exact) mass is 440 g/mol. The molecular formula is C20H14BrClN4O. The molecule has 4 rings (SSSR count). The van der Waals surface area contributed by atoms with Gasteiger partial charge >= 0.3 is 0 Å². The number of hydrogen-bond acceptors (Lipinski definition) is 5. The Morgan fingerprint density at radius 1 is 1.04 bits per heavy atom. The maximum Gasteiger partial charge on any atom is 0.147 e. The lowest BCUT2D eigenvalue weighted by molar-refractivity contribution is 0.471. The SMILES string of the molecule is Oc1c(C(Nc2ccc(Br)cn2)c2cccnc2)cc(Cl)c2cccnc12. The third-order valence-corrected chi connectivity index (χ3v) is 4.98. The van der Waals surface area contributed by atoms with Gasteiger partial charge in [-0.05, 0) is 57.9 Å². The van der Waals surface area contributed by atoms with Gasteiger partial charge in [0.05, 0.1) is 11.1 Å². The summed E-state index contributed by atoms with van der Waals surface area (Å²) in [5.74, 6) is 0.733. The second-order valence-corrected chi connectivity index (χ2v) is 7.24. The molecule has 0 aliphatic carbocycles. The summed E-state index contributed by atoms with van der Waals surface area (Å²) in [6, 6.07) is 12.5. The molecule has 0 saturated heterocycles. The largest absolute Gasteiger partial charge is 0.505 e. The van der Waals surface area contributed by atoms with E-state index >= 15 is 0 Å². The fourth-order valence-electron chi connectivity index (χ4n) is 2.92. The second-order valence-electron chi connectivity index (χ2n) is 5.92. The van der Waals surface area contributed by atoms with Gasteiger partial charge in [0.25, 0.3) is 0 Å². The van der Waals surface area contributed by atoms with Crippen molar-refractivity contribution in [2.24, 2.45) is 0 Å². The van der Waals surface area contributed by atoms with Gasteiger partial charge < -0.3 is 10.4 Å². The number of aromatic nitrogens is 3. The molecule has 3 heterocycles. The molecule has 27 heavy (non-hydrogen) atoms. The molecule has 0 fully saturated rings. The first-order chi connectivity index (χ1) is 13.1. The summed E-state index contributed by atoms with van der Waals surface area (Å²) in [6.45, 7) is 0. The van der Waals surface area contributed by atoms with Crippen LogP contribution >= 0.6 is 27.5 Å².